The molecule has 11 heteroatoms. The van der Waals surface area contributed by atoms with Crippen LogP contribution in [0.3, 0.4) is 0 Å². The van der Waals surface area contributed by atoms with Gasteiger partial charge in [0.25, 0.3) is 0 Å². The third-order valence-electron chi connectivity index (χ3n) is 4.90. The van der Waals surface area contributed by atoms with E-state index in [0.717, 1.165) is 20.7 Å². The molecule has 3 N–H and O–H groups in total. The van der Waals surface area contributed by atoms with E-state index in [1.54, 1.807) is 13.0 Å². The van der Waals surface area contributed by atoms with Crippen LogP contribution in [0.25, 0.3) is 0 Å². The van der Waals surface area contributed by atoms with Gasteiger partial charge in [0.2, 0.25) is 5.13 Å². The maximum atomic E-state index is 11.3. The van der Waals surface area contributed by atoms with Crippen molar-refractivity contribution in [3.05, 3.63) is 53.6 Å². The van der Waals surface area contributed by atoms with E-state index >= 15 is 0 Å². The SMILES string of the molecule is C=C[C@@](C)(SC(=NCCNc1nnc(C)s1)c1ccccc1)[C@@H](C)C(C)NS(=O)(=O)O. The molecule has 1 heterocycles. The summed E-state index contributed by atoms with van der Waals surface area (Å²) in [5, 5.41) is 13.7. The highest BCUT2D eigenvalue weighted by molar-refractivity contribution is 8.15. The van der Waals surface area contributed by atoms with Crippen LogP contribution in [0.15, 0.2) is 48.0 Å². The Bertz CT molecular complexity index is 994. The third-order valence-corrected chi connectivity index (χ3v) is 7.90. The molecule has 2 rings (SSSR count). The number of aryl methyl sites for hydroxylation is 1. The van der Waals surface area contributed by atoms with Crippen molar-refractivity contribution in [3.8, 4) is 0 Å². The minimum atomic E-state index is -4.30. The minimum Gasteiger partial charge on any atom is -0.358 e. The maximum absolute atomic E-state index is 11.3. The van der Waals surface area contributed by atoms with Gasteiger partial charge in [-0.2, -0.15) is 13.1 Å². The smallest absolute Gasteiger partial charge is 0.333 e. The fraction of sp³-hybridized carbons (Fsp3) is 0.450. The van der Waals surface area contributed by atoms with E-state index in [1.165, 1.54) is 23.1 Å². The highest BCUT2D eigenvalue weighted by Gasteiger charge is 2.35. The van der Waals surface area contributed by atoms with Gasteiger partial charge in [-0.25, -0.2) is 0 Å². The normalized spacial score (nSPS) is 16.4. The molecule has 0 aliphatic carbocycles. The quantitative estimate of drug-likeness (QED) is 0.146. The largest absolute Gasteiger partial charge is 0.358 e. The van der Waals surface area contributed by atoms with Gasteiger partial charge in [0.1, 0.15) is 5.01 Å². The summed E-state index contributed by atoms with van der Waals surface area (Å²) in [6.07, 6.45) is 1.80. The first kappa shape index (κ1) is 25.5. The van der Waals surface area contributed by atoms with E-state index in [0.29, 0.717) is 13.1 Å². The molecule has 1 unspecified atom stereocenters. The molecule has 0 aliphatic rings. The molecule has 0 bridgehead atoms. The van der Waals surface area contributed by atoms with Crippen molar-refractivity contribution >= 4 is 43.6 Å². The molecule has 0 radical (unpaired) electrons. The molecule has 8 nitrogen and oxygen atoms in total. The lowest BCUT2D eigenvalue weighted by Gasteiger charge is -2.36. The van der Waals surface area contributed by atoms with E-state index in [1.807, 2.05) is 51.1 Å². The molecule has 31 heavy (non-hydrogen) atoms. The Kier molecular flexibility index (Phi) is 9.19. The Morgan fingerprint density at radius 1 is 1.35 bits per heavy atom. The molecule has 0 saturated carbocycles. The molecule has 1 aromatic carbocycles. The zero-order chi connectivity index (χ0) is 23.1. The van der Waals surface area contributed by atoms with Gasteiger partial charge in [0.15, 0.2) is 0 Å². The molecular weight excluding hydrogens is 454 g/mol. The van der Waals surface area contributed by atoms with Crippen LogP contribution in [0.4, 0.5) is 5.13 Å². The Hall–Kier alpha value is -1.79. The van der Waals surface area contributed by atoms with Gasteiger partial charge in [0, 0.05) is 22.9 Å². The fourth-order valence-corrected chi connectivity index (χ4v) is 5.40. The lowest BCUT2D eigenvalue weighted by atomic mass is 9.89. The van der Waals surface area contributed by atoms with Crippen LogP contribution in [0.1, 0.15) is 31.3 Å². The first-order valence-electron chi connectivity index (χ1n) is 9.75. The summed E-state index contributed by atoms with van der Waals surface area (Å²) in [5.74, 6) is -0.187. The molecular formula is C20H29N5O3S3. The summed E-state index contributed by atoms with van der Waals surface area (Å²) < 4.78 is 33.4. The van der Waals surface area contributed by atoms with E-state index in [9.17, 15) is 8.42 Å². The minimum absolute atomic E-state index is 0.187. The van der Waals surface area contributed by atoms with E-state index < -0.39 is 21.1 Å². The topological polar surface area (TPSA) is 117 Å². The summed E-state index contributed by atoms with van der Waals surface area (Å²) in [6, 6.07) is 9.31. The van der Waals surface area contributed by atoms with Crippen molar-refractivity contribution in [1.29, 1.82) is 0 Å². The van der Waals surface area contributed by atoms with Crippen molar-refractivity contribution in [1.82, 2.24) is 14.9 Å². The van der Waals surface area contributed by atoms with Crippen molar-refractivity contribution in [3.63, 3.8) is 0 Å². The van der Waals surface area contributed by atoms with Crippen LogP contribution >= 0.6 is 23.1 Å². The Morgan fingerprint density at radius 2 is 2.03 bits per heavy atom. The Morgan fingerprint density at radius 3 is 2.58 bits per heavy atom. The zero-order valence-corrected chi connectivity index (χ0v) is 20.5. The van der Waals surface area contributed by atoms with Gasteiger partial charge in [0.05, 0.1) is 11.6 Å². The van der Waals surface area contributed by atoms with Gasteiger partial charge >= 0.3 is 10.3 Å². The number of hydrogen-bond acceptors (Lipinski definition) is 8. The molecule has 170 valence electrons. The standard InChI is InChI=1S/C20H29N5O3S3/c1-6-20(5,14(2)15(3)25-31(26,27)28)30-18(17-10-8-7-9-11-17)21-12-13-22-19-24-23-16(4)29-19/h6-11,14-15,25H,1,12-13H2,2-5H3,(H,22,24)(H,26,27,28)/t14-,15?,20+/m0/s1. The number of anilines is 1. The van der Waals surface area contributed by atoms with Gasteiger partial charge in [-0.05, 0) is 26.7 Å². The van der Waals surface area contributed by atoms with Gasteiger partial charge in [-0.1, -0.05) is 66.4 Å². The van der Waals surface area contributed by atoms with E-state index in [2.05, 4.69) is 26.8 Å². The number of benzene rings is 1. The summed E-state index contributed by atoms with van der Waals surface area (Å²) in [5.41, 5.74) is 0.968. The van der Waals surface area contributed by atoms with E-state index in [4.69, 9.17) is 9.55 Å². The molecule has 0 aliphatic heterocycles. The van der Waals surface area contributed by atoms with Gasteiger partial charge < -0.3 is 5.32 Å². The van der Waals surface area contributed by atoms with Gasteiger partial charge in [-0.15, -0.1) is 16.8 Å². The molecule has 3 atom stereocenters. The number of thioether (sulfide) groups is 1. The van der Waals surface area contributed by atoms with E-state index in [-0.39, 0.29) is 5.92 Å². The molecule has 0 amide bonds. The number of hydrogen-bond donors (Lipinski definition) is 3. The van der Waals surface area contributed by atoms with Gasteiger partial charge in [-0.3, -0.25) is 9.55 Å². The van der Waals surface area contributed by atoms with Crippen molar-refractivity contribution in [2.45, 2.75) is 38.5 Å². The molecule has 1 aromatic heterocycles. The second kappa shape index (κ2) is 11.2. The fourth-order valence-electron chi connectivity index (χ4n) is 2.81. The number of aromatic nitrogens is 2. The van der Waals surface area contributed by atoms with Crippen LogP contribution in [0, 0.1) is 12.8 Å². The zero-order valence-electron chi connectivity index (χ0n) is 18.1. The maximum Gasteiger partial charge on any atom is 0.333 e. The average Bonchev–Trinajstić information content (AvgIpc) is 3.14. The van der Waals surface area contributed by atoms with Crippen LogP contribution in [0.2, 0.25) is 0 Å². The Balaban J connectivity index is 2.19. The second-order valence-electron chi connectivity index (χ2n) is 7.27. The first-order valence-corrected chi connectivity index (χ1v) is 12.8. The molecule has 0 fully saturated rings. The summed E-state index contributed by atoms with van der Waals surface area (Å²) >= 11 is 3.01. The number of nitrogens with zero attached hydrogens (tertiary/aromatic N) is 3. The predicted octanol–water partition coefficient (Wildman–Crippen LogP) is 3.80. The summed E-state index contributed by atoms with van der Waals surface area (Å²) in [4.78, 5) is 4.80. The highest BCUT2D eigenvalue weighted by atomic mass is 32.2. The average molecular weight is 484 g/mol. The highest BCUT2D eigenvalue weighted by Crippen LogP contribution is 2.38. The first-order chi connectivity index (χ1) is 14.5. The van der Waals surface area contributed by atoms with Crippen LogP contribution in [-0.2, 0) is 10.3 Å². The number of rotatable bonds is 11. The van der Waals surface area contributed by atoms with Crippen molar-refractivity contribution in [2.24, 2.45) is 10.9 Å². The second-order valence-corrected chi connectivity index (χ2v) is 11.1. The van der Waals surface area contributed by atoms with Crippen LogP contribution in [0.5, 0.6) is 0 Å². The van der Waals surface area contributed by atoms with Crippen LogP contribution < -0.4 is 10.0 Å². The summed E-state index contributed by atoms with van der Waals surface area (Å²) in [6.45, 7) is 12.6. The Labute approximate surface area is 192 Å². The lowest BCUT2D eigenvalue weighted by molar-refractivity contribution is 0.379. The predicted molar refractivity (Wildman–Crippen MR) is 130 cm³/mol. The molecule has 2 aromatic rings. The number of nitrogens with one attached hydrogen (secondary N) is 2. The summed E-state index contributed by atoms with van der Waals surface area (Å²) in [7, 11) is -4.30. The molecule has 0 spiro atoms. The monoisotopic (exact) mass is 483 g/mol. The lowest BCUT2D eigenvalue weighted by Crippen LogP contribution is -2.45. The molecule has 0 saturated heterocycles. The third kappa shape index (κ3) is 8.00. The number of aliphatic imine (C=N–C) groups is 1. The van der Waals surface area contributed by atoms with Crippen molar-refractivity contribution in [2.75, 3.05) is 18.4 Å². The van der Waals surface area contributed by atoms with Crippen LogP contribution in [-0.4, -0.2) is 52.1 Å². The van der Waals surface area contributed by atoms with Crippen molar-refractivity contribution < 1.29 is 13.0 Å².